The standard InChI is InChI=1S/C16H23ClN2O/c1-12(2)7-9-20-10-8-19-15(11-17)18-14-6-4-5-13(3)16(14)19/h4-6,12H,7-11H2,1-3H3. The quantitative estimate of drug-likeness (QED) is 0.567. The van der Waals surface area contributed by atoms with E-state index in [1.54, 1.807) is 0 Å². The maximum Gasteiger partial charge on any atom is 0.124 e. The number of hydrogen-bond donors (Lipinski definition) is 0. The maximum absolute atomic E-state index is 6.01. The number of imidazole rings is 1. The van der Waals surface area contributed by atoms with Gasteiger partial charge in [-0.1, -0.05) is 26.0 Å². The molecule has 0 spiro atoms. The molecule has 4 heteroatoms. The Hall–Kier alpha value is -1.06. The predicted octanol–water partition coefficient (Wildman–Crippen LogP) is 4.15. The van der Waals surface area contributed by atoms with Gasteiger partial charge in [0.15, 0.2) is 0 Å². The third-order valence-corrected chi connectivity index (χ3v) is 3.70. The summed E-state index contributed by atoms with van der Waals surface area (Å²) in [6.07, 6.45) is 1.10. The molecule has 1 aromatic heterocycles. The fraction of sp³-hybridized carbons (Fsp3) is 0.562. The Labute approximate surface area is 125 Å². The number of halogens is 1. The van der Waals surface area contributed by atoms with Crippen LogP contribution in [0.4, 0.5) is 0 Å². The van der Waals surface area contributed by atoms with Gasteiger partial charge in [0, 0.05) is 13.2 Å². The van der Waals surface area contributed by atoms with Crippen LogP contribution < -0.4 is 0 Å². The zero-order valence-corrected chi connectivity index (χ0v) is 13.3. The van der Waals surface area contributed by atoms with E-state index in [0.717, 1.165) is 30.9 Å². The Kier molecular flexibility index (Phi) is 5.44. The second kappa shape index (κ2) is 7.09. The van der Waals surface area contributed by atoms with Gasteiger partial charge < -0.3 is 9.30 Å². The van der Waals surface area contributed by atoms with Gasteiger partial charge in [-0.15, -0.1) is 11.6 Å². The summed E-state index contributed by atoms with van der Waals surface area (Å²) in [7, 11) is 0. The van der Waals surface area contributed by atoms with Crippen molar-refractivity contribution in [3.8, 4) is 0 Å². The van der Waals surface area contributed by atoms with Crippen LogP contribution in [0.2, 0.25) is 0 Å². The topological polar surface area (TPSA) is 27.1 Å². The molecule has 20 heavy (non-hydrogen) atoms. The van der Waals surface area contributed by atoms with Crippen molar-refractivity contribution in [3.05, 3.63) is 29.6 Å². The Morgan fingerprint density at radius 1 is 1.30 bits per heavy atom. The highest BCUT2D eigenvalue weighted by Crippen LogP contribution is 2.21. The van der Waals surface area contributed by atoms with E-state index in [4.69, 9.17) is 16.3 Å². The van der Waals surface area contributed by atoms with Crippen molar-refractivity contribution < 1.29 is 4.74 Å². The molecule has 3 nitrogen and oxygen atoms in total. The highest BCUT2D eigenvalue weighted by Gasteiger charge is 2.11. The third-order valence-electron chi connectivity index (χ3n) is 3.47. The molecule has 1 heterocycles. The fourth-order valence-electron chi connectivity index (χ4n) is 2.33. The number of fused-ring (bicyclic) bond motifs is 1. The molecule has 2 aromatic rings. The van der Waals surface area contributed by atoms with Crippen molar-refractivity contribution in [2.45, 2.75) is 39.6 Å². The van der Waals surface area contributed by atoms with Gasteiger partial charge in [0.1, 0.15) is 5.82 Å². The van der Waals surface area contributed by atoms with Crippen molar-refractivity contribution in [1.29, 1.82) is 0 Å². The molecule has 0 radical (unpaired) electrons. The van der Waals surface area contributed by atoms with Gasteiger partial charge >= 0.3 is 0 Å². The highest BCUT2D eigenvalue weighted by molar-refractivity contribution is 6.16. The maximum atomic E-state index is 6.01. The second-order valence-electron chi connectivity index (χ2n) is 5.55. The minimum Gasteiger partial charge on any atom is -0.380 e. The van der Waals surface area contributed by atoms with Gasteiger partial charge in [-0.2, -0.15) is 0 Å². The molecule has 0 aliphatic rings. The van der Waals surface area contributed by atoms with E-state index >= 15 is 0 Å². The van der Waals surface area contributed by atoms with Crippen LogP contribution in [0.3, 0.4) is 0 Å². The molecular weight excluding hydrogens is 272 g/mol. The number of aryl methyl sites for hydroxylation is 1. The zero-order valence-electron chi connectivity index (χ0n) is 12.5. The van der Waals surface area contributed by atoms with Gasteiger partial charge in [-0.05, 0) is 30.9 Å². The summed E-state index contributed by atoms with van der Waals surface area (Å²) in [5, 5.41) is 0. The first-order valence-electron chi connectivity index (χ1n) is 7.22. The smallest absolute Gasteiger partial charge is 0.124 e. The lowest BCUT2D eigenvalue weighted by Crippen LogP contribution is -2.10. The summed E-state index contributed by atoms with van der Waals surface area (Å²) in [5.41, 5.74) is 3.42. The van der Waals surface area contributed by atoms with Crippen molar-refractivity contribution in [1.82, 2.24) is 9.55 Å². The number of para-hydroxylation sites is 1. The Bertz CT molecular complexity index is 563. The summed E-state index contributed by atoms with van der Waals surface area (Å²) in [6.45, 7) is 8.86. The van der Waals surface area contributed by atoms with Crippen molar-refractivity contribution >= 4 is 22.6 Å². The van der Waals surface area contributed by atoms with Crippen LogP contribution >= 0.6 is 11.6 Å². The van der Waals surface area contributed by atoms with Gasteiger partial charge in [0.05, 0.1) is 23.5 Å². The number of nitrogens with zero attached hydrogens (tertiary/aromatic N) is 2. The van der Waals surface area contributed by atoms with Gasteiger partial charge in [0.25, 0.3) is 0 Å². The van der Waals surface area contributed by atoms with Crippen LogP contribution in [0.1, 0.15) is 31.7 Å². The fourth-order valence-corrected chi connectivity index (χ4v) is 2.54. The van der Waals surface area contributed by atoms with Gasteiger partial charge in [0.2, 0.25) is 0 Å². The monoisotopic (exact) mass is 294 g/mol. The minimum atomic E-state index is 0.431. The average molecular weight is 295 g/mol. The molecule has 0 N–H and O–H groups in total. The summed E-state index contributed by atoms with van der Waals surface area (Å²) < 4.78 is 7.90. The summed E-state index contributed by atoms with van der Waals surface area (Å²) in [4.78, 5) is 4.59. The largest absolute Gasteiger partial charge is 0.380 e. The number of alkyl halides is 1. The Balaban J connectivity index is 2.08. The lowest BCUT2D eigenvalue weighted by atomic mass is 10.1. The van der Waals surface area contributed by atoms with Crippen molar-refractivity contribution in [2.75, 3.05) is 13.2 Å². The molecule has 0 atom stereocenters. The van der Waals surface area contributed by atoms with Crippen LogP contribution in [0.5, 0.6) is 0 Å². The predicted molar refractivity (Wildman–Crippen MR) is 84.3 cm³/mol. The second-order valence-corrected chi connectivity index (χ2v) is 5.82. The normalized spacial score (nSPS) is 11.7. The van der Waals surface area contributed by atoms with Crippen molar-refractivity contribution in [2.24, 2.45) is 5.92 Å². The first-order valence-corrected chi connectivity index (χ1v) is 7.75. The molecule has 0 aliphatic carbocycles. The number of rotatable bonds is 7. The van der Waals surface area contributed by atoms with Crippen LogP contribution in [0, 0.1) is 12.8 Å². The molecule has 0 bridgehead atoms. The molecule has 0 aliphatic heterocycles. The van der Waals surface area contributed by atoms with E-state index in [-0.39, 0.29) is 0 Å². The van der Waals surface area contributed by atoms with Crippen molar-refractivity contribution in [3.63, 3.8) is 0 Å². The van der Waals surface area contributed by atoms with E-state index < -0.39 is 0 Å². The summed E-state index contributed by atoms with van der Waals surface area (Å²) in [5.74, 6) is 2.04. The number of hydrogen-bond acceptors (Lipinski definition) is 2. The lowest BCUT2D eigenvalue weighted by molar-refractivity contribution is 0.116. The summed E-state index contributed by atoms with van der Waals surface area (Å²) >= 11 is 6.01. The number of benzene rings is 1. The molecular formula is C16H23ClN2O. The SMILES string of the molecule is Cc1cccc2nc(CCl)n(CCOCCC(C)C)c12. The Morgan fingerprint density at radius 3 is 2.80 bits per heavy atom. The van der Waals surface area contributed by atoms with E-state index in [9.17, 15) is 0 Å². The highest BCUT2D eigenvalue weighted by atomic mass is 35.5. The van der Waals surface area contributed by atoms with Gasteiger partial charge in [-0.25, -0.2) is 4.98 Å². The molecule has 2 rings (SSSR count). The molecule has 0 amide bonds. The van der Waals surface area contributed by atoms with Crippen LogP contribution in [0.15, 0.2) is 18.2 Å². The van der Waals surface area contributed by atoms with Gasteiger partial charge in [-0.3, -0.25) is 0 Å². The van der Waals surface area contributed by atoms with Crippen LogP contribution in [-0.4, -0.2) is 22.8 Å². The van der Waals surface area contributed by atoms with E-state index in [1.807, 2.05) is 12.1 Å². The molecule has 110 valence electrons. The van der Waals surface area contributed by atoms with Crippen LogP contribution in [-0.2, 0) is 17.2 Å². The number of ether oxygens (including phenoxy) is 1. The zero-order chi connectivity index (χ0) is 14.5. The minimum absolute atomic E-state index is 0.431. The first-order chi connectivity index (χ1) is 9.63. The summed E-state index contributed by atoms with van der Waals surface area (Å²) in [6, 6.07) is 6.18. The molecule has 0 unspecified atom stereocenters. The Morgan fingerprint density at radius 2 is 2.10 bits per heavy atom. The molecule has 0 saturated heterocycles. The van der Waals surface area contributed by atoms with E-state index in [0.29, 0.717) is 18.4 Å². The molecule has 0 fully saturated rings. The third kappa shape index (κ3) is 3.53. The van der Waals surface area contributed by atoms with E-state index in [1.165, 1.54) is 11.1 Å². The number of aromatic nitrogens is 2. The first kappa shape index (κ1) is 15.3. The molecule has 1 aromatic carbocycles. The van der Waals surface area contributed by atoms with Crippen LogP contribution in [0.25, 0.3) is 11.0 Å². The van der Waals surface area contributed by atoms with E-state index in [2.05, 4.69) is 36.4 Å². The molecule has 0 saturated carbocycles. The average Bonchev–Trinajstić information content (AvgIpc) is 2.77. The lowest BCUT2D eigenvalue weighted by Gasteiger charge is -2.10.